The highest BCUT2D eigenvalue weighted by atomic mass is 35.5. The summed E-state index contributed by atoms with van der Waals surface area (Å²) in [6.07, 6.45) is 0. The van der Waals surface area contributed by atoms with Crippen molar-refractivity contribution in [2.45, 2.75) is 4.90 Å². The molecule has 21 heavy (non-hydrogen) atoms. The molecule has 0 amide bonds. The molecule has 0 aromatic heterocycles. The molecule has 112 valence electrons. The van der Waals surface area contributed by atoms with Crippen molar-refractivity contribution in [2.24, 2.45) is 5.14 Å². The number of para-hydroxylation sites is 1. The van der Waals surface area contributed by atoms with E-state index >= 15 is 0 Å². The van der Waals surface area contributed by atoms with Gasteiger partial charge in [-0.15, -0.1) is 0 Å². The predicted molar refractivity (Wildman–Crippen MR) is 83.5 cm³/mol. The number of rotatable bonds is 4. The van der Waals surface area contributed by atoms with Crippen molar-refractivity contribution in [2.75, 3.05) is 18.2 Å². The fraction of sp³-hybridized carbons (Fsp3) is 0.0769. The summed E-state index contributed by atoms with van der Waals surface area (Å²) in [5.41, 5.74) is 6.79. The molecule has 6 nitrogen and oxygen atoms in total. The largest absolute Gasteiger partial charge is 0.497 e. The van der Waals surface area contributed by atoms with E-state index in [1.165, 1.54) is 19.2 Å². The van der Waals surface area contributed by atoms with Crippen LogP contribution in [0, 0.1) is 0 Å². The van der Waals surface area contributed by atoms with E-state index < -0.39 is 10.0 Å². The maximum atomic E-state index is 11.4. The van der Waals surface area contributed by atoms with Crippen molar-refractivity contribution >= 4 is 38.7 Å². The van der Waals surface area contributed by atoms with Gasteiger partial charge >= 0.3 is 0 Å². The van der Waals surface area contributed by atoms with E-state index in [1.807, 2.05) is 0 Å². The number of methoxy groups -OCH3 is 1. The second-order valence-electron chi connectivity index (χ2n) is 4.23. The molecule has 0 radical (unpaired) electrons. The van der Waals surface area contributed by atoms with E-state index in [2.05, 4.69) is 5.32 Å². The molecule has 0 atom stereocenters. The summed E-state index contributed by atoms with van der Waals surface area (Å²) in [6, 6.07) is 9.53. The van der Waals surface area contributed by atoms with Crippen molar-refractivity contribution in [3.05, 3.63) is 41.4 Å². The van der Waals surface area contributed by atoms with Crippen molar-refractivity contribution in [1.29, 1.82) is 0 Å². The monoisotopic (exact) mass is 327 g/mol. The Morgan fingerprint density at radius 1 is 1.19 bits per heavy atom. The Morgan fingerprint density at radius 2 is 1.90 bits per heavy atom. The van der Waals surface area contributed by atoms with Gasteiger partial charge in [-0.2, -0.15) is 0 Å². The summed E-state index contributed by atoms with van der Waals surface area (Å²) in [7, 11) is -2.36. The summed E-state index contributed by atoms with van der Waals surface area (Å²) < 4.78 is 28.0. The molecule has 0 saturated carbocycles. The SMILES string of the molecule is COc1ccc(Cl)c(Nc2cccc(S(N)(=O)=O)c2N)c1. The molecule has 0 bridgehead atoms. The van der Waals surface area contributed by atoms with Crippen molar-refractivity contribution < 1.29 is 13.2 Å². The molecule has 2 aromatic carbocycles. The average Bonchev–Trinajstić information content (AvgIpc) is 2.42. The highest BCUT2D eigenvalue weighted by Gasteiger charge is 2.15. The highest BCUT2D eigenvalue weighted by Crippen LogP contribution is 2.33. The molecule has 2 rings (SSSR count). The second-order valence-corrected chi connectivity index (χ2v) is 6.17. The lowest BCUT2D eigenvalue weighted by atomic mass is 10.2. The van der Waals surface area contributed by atoms with E-state index in [0.717, 1.165) is 0 Å². The third-order valence-electron chi connectivity index (χ3n) is 2.82. The van der Waals surface area contributed by atoms with Gasteiger partial charge in [0, 0.05) is 6.07 Å². The van der Waals surface area contributed by atoms with Gasteiger partial charge in [-0.3, -0.25) is 0 Å². The Kier molecular flexibility index (Phi) is 4.26. The lowest BCUT2D eigenvalue weighted by molar-refractivity contribution is 0.415. The zero-order valence-electron chi connectivity index (χ0n) is 11.1. The van der Waals surface area contributed by atoms with Crippen LogP contribution in [-0.2, 0) is 10.0 Å². The van der Waals surface area contributed by atoms with E-state index in [-0.39, 0.29) is 10.6 Å². The van der Waals surface area contributed by atoms with E-state index in [0.29, 0.717) is 22.1 Å². The molecule has 0 aliphatic heterocycles. The number of hydrogen-bond acceptors (Lipinski definition) is 5. The molecule has 0 fully saturated rings. The molecule has 2 aromatic rings. The number of benzene rings is 2. The van der Waals surface area contributed by atoms with Crippen LogP contribution in [0.1, 0.15) is 0 Å². The van der Waals surface area contributed by atoms with E-state index in [4.69, 9.17) is 27.2 Å². The van der Waals surface area contributed by atoms with Gasteiger partial charge in [0.1, 0.15) is 10.6 Å². The van der Waals surface area contributed by atoms with Crippen LogP contribution in [-0.4, -0.2) is 15.5 Å². The Labute approximate surface area is 127 Å². The summed E-state index contributed by atoms with van der Waals surface area (Å²) in [6.45, 7) is 0. The van der Waals surface area contributed by atoms with Crippen LogP contribution in [0.15, 0.2) is 41.3 Å². The van der Waals surface area contributed by atoms with E-state index in [9.17, 15) is 8.42 Å². The number of sulfonamides is 1. The van der Waals surface area contributed by atoms with Gasteiger partial charge in [0.2, 0.25) is 10.0 Å². The molecule has 0 aliphatic rings. The number of anilines is 3. The Balaban J connectivity index is 2.46. The topological polar surface area (TPSA) is 107 Å². The van der Waals surface area contributed by atoms with Crippen LogP contribution in [0.5, 0.6) is 5.75 Å². The molecule has 8 heteroatoms. The third kappa shape index (κ3) is 3.38. The van der Waals surface area contributed by atoms with Crippen molar-refractivity contribution in [3.63, 3.8) is 0 Å². The molecule has 0 unspecified atom stereocenters. The van der Waals surface area contributed by atoms with E-state index in [1.54, 1.807) is 24.3 Å². The van der Waals surface area contributed by atoms with Gasteiger partial charge in [-0.05, 0) is 24.3 Å². The van der Waals surface area contributed by atoms with Crippen molar-refractivity contribution in [1.82, 2.24) is 0 Å². The Hall–Kier alpha value is -1.96. The summed E-state index contributed by atoms with van der Waals surface area (Å²) in [4.78, 5) is -0.147. The fourth-order valence-corrected chi connectivity index (χ4v) is 2.62. The molecule has 0 saturated heterocycles. The predicted octanol–water partition coefficient (Wildman–Crippen LogP) is 2.32. The lowest BCUT2D eigenvalue weighted by Crippen LogP contribution is -2.15. The number of nitrogen functional groups attached to an aromatic ring is 1. The smallest absolute Gasteiger partial charge is 0.240 e. The zero-order chi connectivity index (χ0) is 15.6. The van der Waals surface area contributed by atoms with Crippen LogP contribution >= 0.6 is 11.6 Å². The van der Waals surface area contributed by atoms with Crippen LogP contribution < -0.4 is 20.9 Å². The molecular formula is C13H14ClN3O3S. The fourth-order valence-electron chi connectivity index (χ4n) is 1.77. The molecule has 5 N–H and O–H groups in total. The first kappa shape index (κ1) is 15.4. The normalized spacial score (nSPS) is 11.2. The van der Waals surface area contributed by atoms with Gasteiger partial charge in [0.25, 0.3) is 0 Å². The van der Waals surface area contributed by atoms with Gasteiger partial charge < -0.3 is 15.8 Å². The molecular weight excluding hydrogens is 314 g/mol. The Morgan fingerprint density at radius 3 is 2.52 bits per heavy atom. The van der Waals surface area contributed by atoms with Crippen LogP contribution in [0.4, 0.5) is 17.1 Å². The van der Waals surface area contributed by atoms with Crippen LogP contribution in [0.2, 0.25) is 5.02 Å². The standard InChI is InChI=1S/C13H14ClN3O3S/c1-20-8-5-6-9(14)11(7-8)17-10-3-2-4-12(13(10)15)21(16,18)19/h2-7,17H,15H2,1H3,(H2,16,18,19). The van der Waals surface area contributed by atoms with Crippen LogP contribution in [0.3, 0.4) is 0 Å². The average molecular weight is 328 g/mol. The lowest BCUT2D eigenvalue weighted by Gasteiger charge is -2.13. The maximum Gasteiger partial charge on any atom is 0.240 e. The number of nitrogens with one attached hydrogen (secondary N) is 1. The first-order valence-electron chi connectivity index (χ1n) is 5.85. The van der Waals surface area contributed by atoms with Gasteiger partial charge in [-0.25, -0.2) is 13.6 Å². The first-order valence-corrected chi connectivity index (χ1v) is 7.77. The minimum Gasteiger partial charge on any atom is -0.497 e. The van der Waals surface area contributed by atoms with Crippen LogP contribution in [0.25, 0.3) is 0 Å². The molecule has 0 aliphatic carbocycles. The summed E-state index contributed by atoms with van der Waals surface area (Å²) in [5.74, 6) is 0.600. The minimum absolute atomic E-state index is 0.0267. The first-order chi connectivity index (χ1) is 9.82. The number of hydrogen-bond donors (Lipinski definition) is 3. The van der Waals surface area contributed by atoms with Gasteiger partial charge in [-0.1, -0.05) is 17.7 Å². The quantitative estimate of drug-likeness (QED) is 0.747. The molecule has 0 spiro atoms. The summed E-state index contributed by atoms with van der Waals surface area (Å²) >= 11 is 6.08. The summed E-state index contributed by atoms with van der Waals surface area (Å²) in [5, 5.41) is 8.53. The van der Waals surface area contributed by atoms with Gasteiger partial charge in [0.15, 0.2) is 0 Å². The van der Waals surface area contributed by atoms with Gasteiger partial charge in [0.05, 0.1) is 29.2 Å². The maximum absolute atomic E-state index is 11.4. The number of halogens is 1. The second kappa shape index (κ2) is 5.80. The van der Waals surface area contributed by atoms with Crippen molar-refractivity contribution in [3.8, 4) is 5.75 Å². The third-order valence-corrected chi connectivity index (χ3v) is 4.11. The number of ether oxygens (including phenoxy) is 1. The zero-order valence-corrected chi connectivity index (χ0v) is 12.7. The number of primary sulfonamides is 1. The highest BCUT2D eigenvalue weighted by molar-refractivity contribution is 7.89. The molecule has 0 heterocycles. The Bertz CT molecular complexity index is 778. The minimum atomic E-state index is -3.89. The number of nitrogens with two attached hydrogens (primary N) is 2.